The van der Waals surface area contributed by atoms with Crippen LogP contribution in [0.3, 0.4) is 0 Å². The number of carbonyl (C=O) groups is 1. The van der Waals surface area contributed by atoms with Crippen LogP contribution in [-0.2, 0) is 4.79 Å². The van der Waals surface area contributed by atoms with E-state index in [1.807, 2.05) is 0 Å². The number of carboxylic acids is 1. The predicted octanol–water partition coefficient (Wildman–Crippen LogP) is 3.25. The van der Waals surface area contributed by atoms with Crippen LogP contribution < -0.4 is 0 Å². The number of thioether (sulfide) groups is 1. The van der Waals surface area contributed by atoms with E-state index in [1.165, 1.54) is 17.3 Å². The van der Waals surface area contributed by atoms with Gasteiger partial charge in [-0.1, -0.05) is 23.2 Å². The second kappa shape index (κ2) is 7.77. The summed E-state index contributed by atoms with van der Waals surface area (Å²) in [5.74, 6) is 0.0639. The molecule has 0 aliphatic carbocycles. The number of carboxylic acid groups (broad SMARTS) is 1. The van der Waals surface area contributed by atoms with Crippen molar-refractivity contribution in [3.05, 3.63) is 9.90 Å². The fourth-order valence-electron chi connectivity index (χ4n) is 0.579. The van der Waals surface area contributed by atoms with E-state index in [0.29, 0.717) is 10.8 Å². The van der Waals surface area contributed by atoms with Crippen LogP contribution in [0, 0.1) is 0 Å². The molecule has 0 aromatic carbocycles. The van der Waals surface area contributed by atoms with Crippen molar-refractivity contribution < 1.29 is 9.90 Å². The van der Waals surface area contributed by atoms with Crippen LogP contribution >= 0.6 is 35.0 Å². The molecule has 2 nitrogen and oxygen atoms in total. The van der Waals surface area contributed by atoms with Crippen LogP contribution in [0.25, 0.3) is 0 Å². The molecule has 0 amide bonds. The van der Waals surface area contributed by atoms with Crippen LogP contribution in [0.2, 0.25) is 0 Å². The minimum absolute atomic E-state index is 0.225. The molecule has 12 heavy (non-hydrogen) atoms. The quantitative estimate of drug-likeness (QED) is 0.710. The summed E-state index contributed by atoms with van der Waals surface area (Å²) in [7, 11) is 0. The van der Waals surface area contributed by atoms with E-state index >= 15 is 0 Å². The number of hydrogen-bond donors (Lipinski definition) is 1. The first-order valence-corrected chi connectivity index (χ1v) is 5.27. The number of halogens is 2. The highest BCUT2D eigenvalue weighted by Crippen LogP contribution is 2.21. The Hall–Kier alpha value is 0.140. The van der Waals surface area contributed by atoms with E-state index in [4.69, 9.17) is 28.3 Å². The second-order valence-corrected chi connectivity index (χ2v) is 4.10. The maximum Gasteiger partial charge on any atom is 0.303 e. The van der Waals surface area contributed by atoms with Gasteiger partial charge in [0.05, 0.1) is 4.36 Å². The monoisotopic (exact) mass is 228 g/mol. The minimum atomic E-state index is -0.751. The normalized spacial score (nSPS) is 11.7. The standard InChI is InChI=1S/C7H10Cl2O2S/c8-5-6(9)12-4-2-1-3-7(10)11/h5H,1-4H2,(H,10,11)/b6-5+. The Morgan fingerprint density at radius 3 is 2.67 bits per heavy atom. The minimum Gasteiger partial charge on any atom is -0.481 e. The Balaban J connectivity index is 3.16. The van der Waals surface area contributed by atoms with Gasteiger partial charge in [-0.25, -0.2) is 0 Å². The molecular weight excluding hydrogens is 219 g/mol. The van der Waals surface area contributed by atoms with Gasteiger partial charge in [-0.05, 0) is 18.6 Å². The van der Waals surface area contributed by atoms with Crippen molar-refractivity contribution in [1.82, 2.24) is 0 Å². The van der Waals surface area contributed by atoms with Crippen molar-refractivity contribution in [2.45, 2.75) is 19.3 Å². The highest BCUT2D eigenvalue weighted by Gasteiger charge is 1.97. The van der Waals surface area contributed by atoms with Crippen LogP contribution in [0.15, 0.2) is 9.90 Å². The largest absolute Gasteiger partial charge is 0.481 e. The Bertz CT molecular complexity index is 171. The van der Waals surface area contributed by atoms with Gasteiger partial charge in [0.2, 0.25) is 0 Å². The van der Waals surface area contributed by atoms with Gasteiger partial charge in [0, 0.05) is 12.0 Å². The summed E-state index contributed by atoms with van der Waals surface area (Å²) < 4.78 is 0.548. The summed E-state index contributed by atoms with van der Waals surface area (Å²) in [6.45, 7) is 0. The summed E-state index contributed by atoms with van der Waals surface area (Å²) in [4.78, 5) is 10.1. The van der Waals surface area contributed by atoms with E-state index in [9.17, 15) is 4.79 Å². The summed E-state index contributed by atoms with van der Waals surface area (Å²) in [5, 5.41) is 8.30. The lowest BCUT2D eigenvalue weighted by atomic mass is 10.3. The van der Waals surface area contributed by atoms with Crippen LogP contribution in [0.5, 0.6) is 0 Å². The molecular formula is C7H10Cl2O2S. The number of hydrogen-bond acceptors (Lipinski definition) is 2. The fourth-order valence-corrected chi connectivity index (χ4v) is 1.61. The Morgan fingerprint density at radius 2 is 2.17 bits per heavy atom. The van der Waals surface area contributed by atoms with E-state index in [2.05, 4.69) is 0 Å². The first-order chi connectivity index (χ1) is 5.66. The van der Waals surface area contributed by atoms with Crippen LogP contribution in [-0.4, -0.2) is 16.8 Å². The van der Waals surface area contributed by atoms with Gasteiger partial charge in [-0.3, -0.25) is 4.79 Å². The molecule has 0 heterocycles. The van der Waals surface area contributed by atoms with E-state index < -0.39 is 5.97 Å². The SMILES string of the molecule is O=C(O)CCCCS/C(Cl)=C/Cl. The van der Waals surface area contributed by atoms with E-state index in [0.717, 1.165) is 12.2 Å². The molecule has 0 saturated heterocycles. The van der Waals surface area contributed by atoms with Gasteiger partial charge < -0.3 is 5.11 Å². The molecule has 70 valence electrons. The zero-order valence-electron chi connectivity index (χ0n) is 6.43. The molecule has 0 fully saturated rings. The van der Waals surface area contributed by atoms with E-state index in [-0.39, 0.29) is 6.42 Å². The lowest BCUT2D eigenvalue weighted by Gasteiger charge is -1.97. The molecule has 0 rings (SSSR count). The van der Waals surface area contributed by atoms with Gasteiger partial charge in [0.25, 0.3) is 0 Å². The van der Waals surface area contributed by atoms with Crippen molar-refractivity contribution in [2.75, 3.05) is 5.75 Å². The predicted molar refractivity (Wildman–Crippen MR) is 53.7 cm³/mol. The third-order valence-electron chi connectivity index (χ3n) is 1.11. The van der Waals surface area contributed by atoms with Crippen molar-refractivity contribution in [2.24, 2.45) is 0 Å². The van der Waals surface area contributed by atoms with Crippen molar-refractivity contribution in [3.63, 3.8) is 0 Å². The molecule has 0 spiro atoms. The summed E-state index contributed by atoms with van der Waals surface area (Å²) in [5.41, 5.74) is 1.31. The third kappa shape index (κ3) is 8.24. The average molecular weight is 229 g/mol. The highest BCUT2D eigenvalue weighted by molar-refractivity contribution is 8.04. The van der Waals surface area contributed by atoms with Crippen LogP contribution in [0.4, 0.5) is 0 Å². The number of rotatable bonds is 6. The summed E-state index contributed by atoms with van der Waals surface area (Å²) in [6.07, 6.45) is 1.76. The zero-order valence-corrected chi connectivity index (χ0v) is 8.75. The molecule has 0 aliphatic heterocycles. The Morgan fingerprint density at radius 1 is 1.50 bits per heavy atom. The van der Waals surface area contributed by atoms with Gasteiger partial charge in [-0.2, -0.15) is 0 Å². The molecule has 5 heteroatoms. The molecule has 0 aromatic heterocycles. The lowest BCUT2D eigenvalue weighted by molar-refractivity contribution is -0.137. The third-order valence-corrected chi connectivity index (χ3v) is 2.89. The molecule has 0 saturated carbocycles. The highest BCUT2D eigenvalue weighted by atomic mass is 35.5. The Kier molecular flexibility index (Phi) is 7.86. The van der Waals surface area contributed by atoms with Gasteiger partial charge >= 0.3 is 5.97 Å². The molecule has 0 unspecified atom stereocenters. The number of unbranched alkanes of at least 4 members (excludes halogenated alkanes) is 1. The second-order valence-electron chi connectivity index (χ2n) is 2.11. The van der Waals surface area contributed by atoms with Gasteiger partial charge in [0.15, 0.2) is 0 Å². The molecule has 0 bridgehead atoms. The fraction of sp³-hybridized carbons (Fsp3) is 0.571. The topological polar surface area (TPSA) is 37.3 Å². The first-order valence-electron chi connectivity index (χ1n) is 3.47. The zero-order chi connectivity index (χ0) is 9.40. The molecule has 0 aliphatic rings. The van der Waals surface area contributed by atoms with Crippen LogP contribution in [0.1, 0.15) is 19.3 Å². The number of aliphatic carboxylic acids is 1. The van der Waals surface area contributed by atoms with E-state index in [1.54, 1.807) is 0 Å². The molecule has 0 atom stereocenters. The maximum absolute atomic E-state index is 10.1. The lowest BCUT2D eigenvalue weighted by Crippen LogP contribution is -1.94. The van der Waals surface area contributed by atoms with Crippen molar-refractivity contribution in [3.8, 4) is 0 Å². The summed E-state index contributed by atoms with van der Waals surface area (Å²) in [6, 6.07) is 0. The smallest absolute Gasteiger partial charge is 0.303 e. The van der Waals surface area contributed by atoms with Crippen molar-refractivity contribution >= 4 is 40.9 Å². The molecule has 0 aromatic rings. The summed E-state index contributed by atoms with van der Waals surface area (Å²) >= 11 is 12.3. The first kappa shape index (κ1) is 12.1. The van der Waals surface area contributed by atoms with Gasteiger partial charge in [0.1, 0.15) is 0 Å². The van der Waals surface area contributed by atoms with Gasteiger partial charge in [-0.15, -0.1) is 11.8 Å². The van der Waals surface area contributed by atoms with Crippen molar-refractivity contribution in [1.29, 1.82) is 0 Å². The molecule has 0 radical (unpaired) electrons. The maximum atomic E-state index is 10.1. The Labute approximate surface area is 85.9 Å². The molecule has 1 N–H and O–H groups in total. The average Bonchev–Trinajstić information content (AvgIpc) is 2.03.